The summed E-state index contributed by atoms with van der Waals surface area (Å²) in [5.41, 5.74) is 1.13. The Morgan fingerprint density at radius 1 is 1.50 bits per heavy atom. The second kappa shape index (κ2) is 6.44. The van der Waals surface area contributed by atoms with Gasteiger partial charge in [0.05, 0.1) is 6.54 Å². The molecule has 4 heteroatoms. The van der Waals surface area contributed by atoms with Crippen LogP contribution in [0.15, 0.2) is 30.3 Å². The van der Waals surface area contributed by atoms with E-state index in [1.54, 1.807) is 0 Å². The normalized spacial score (nSPS) is 14.4. The van der Waals surface area contributed by atoms with Crippen molar-refractivity contribution in [2.45, 2.75) is 19.4 Å². The number of nitrogens with zero attached hydrogens (tertiary/aromatic N) is 1. The lowest BCUT2D eigenvalue weighted by molar-refractivity contribution is 0.354. The number of terminal acetylenes is 1. The molecule has 0 spiro atoms. The van der Waals surface area contributed by atoms with E-state index in [0.717, 1.165) is 5.56 Å². The Labute approximate surface area is 98.9 Å². The van der Waals surface area contributed by atoms with Crippen molar-refractivity contribution in [3.63, 3.8) is 0 Å². The van der Waals surface area contributed by atoms with Crippen molar-refractivity contribution in [2.75, 3.05) is 6.54 Å². The SMILES string of the molecule is C#CCN([C@H](C)Cc1ccccc1)S(=O)O. The molecule has 1 rings (SSSR count). The molecule has 1 aromatic rings. The van der Waals surface area contributed by atoms with Crippen molar-refractivity contribution in [1.82, 2.24) is 4.31 Å². The van der Waals surface area contributed by atoms with Gasteiger partial charge in [0.1, 0.15) is 0 Å². The Bertz CT molecular complexity index is 386. The van der Waals surface area contributed by atoms with E-state index in [2.05, 4.69) is 5.92 Å². The first-order valence-corrected chi connectivity index (χ1v) is 6.06. The minimum atomic E-state index is -2.02. The Morgan fingerprint density at radius 3 is 2.62 bits per heavy atom. The Morgan fingerprint density at radius 2 is 2.12 bits per heavy atom. The summed E-state index contributed by atoms with van der Waals surface area (Å²) >= 11 is -2.02. The first kappa shape index (κ1) is 12.9. The molecule has 86 valence electrons. The zero-order valence-electron chi connectivity index (χ0n) is 9.17. The van der Waals surface area contributed by atoms with Crippen molar-refractivity contribution in [3.05, 3.63) is 35.9 Å². The first-order chi connectivity index (χ1) is 7.65. The van der Waals surface area contributed by atoms with E-state index in [4.69, 9.17) is 11.0 Å². The molecule has 1 unspecified atom stereocenters. The van der Waals surface area contributed by atoms with Gasteiger partial charge in [0.25, 0.3) is 0 Å². The lowest BCUT2D eigenvalue weighted by atomic mass is 10.1. The molecule has 0 aliphatic heterocycles. The van der Waals surface area contributed by atoms with Crippen LogP contribution >= 0.6 is 0 Å². The lowest BCUT2D eigenvalue weighted by Crippen LogP contribution is -2.36. The minimum absolute atomic E-state index is 0.0655. The molecule has 0 saturated heterocycles. The highest BCUT2D eigenvalue weighted by atomic mass is 32.2. The summed E-state index contributed by atoms with van der Waals surface area (Å²) in [4.78, 5) is 0. The standard InChI is InChI=1S/C12H15NO2S/c1-3-9-13(16(14)15)11(2)10-12-7-5-4-6-8-12/h1,4-8,11H,9-10H2,2H3,(H,14,15)/t11-/m1/s1. The minimum Gasteiger partial charge on any atom is -0.294 e. The summed E-state index contributed by atoms with van der Waals surface area (Å²) in [7, 11) is 0. The van der Waals surface area contributed by atoms with Crippen LogP contribution < -0.4 is 0 Å². The van der Waals surface area contributed by atoms with Crippen molar-refractivity contribution < 1.29 is 8.76 Å². The van der Waals surface area contributed by atoms with Gasteiger partial charge in [-0.05, 0) is 18.9 Å². The Kier molecular flexibility index (Phi) is 5.20. The Hall–Kier alpha value is -1.15. The summed E-state index contributed by atoms with van der Waals surface area (Å²) in [6, 6.07) is 9.75. The molecule has 0 heterocycles. The number of rotatable bonds is 5. The van der Waals surface area contributed by atoms with Crippen LogP contribution in [-0.2, 0) is 17.7 Å². The molecule has 0 aliphatic carbocycles. The van der Waals surface area contributed by atoms with Gasteiger partial charge >= 0.3 is 0 Å². The molecular weight excluding hydrogens is 222 g/mol. The quantitative estimate of drug-likeness (QED) is 0.625. The maximum absolute atomic E-state index is 11.1. The molecule has 0 amide bonds. The van der Waals surface area contributed by atoms with Crippen LogP contribution in [0, 0.1) is 12.3 Å². The summed E-state index contributed by atoms with van der Waals surface area (Å²) in [6.07, 6.45) is 5.86. The van der Waals surface area contributed by atoms with Crippen LogP contribution in [-0.4, -0.2) is 25.7 Å². The molecule has 3 nitrogen and oxygen atoms in total. The zero-order chi connectivity index (χ0) is 12.0. The highest BCUT2D eigenvalue weighted by molar-refractivity contribution is 7.76. The molecule has 0 radical (unpaired) electrons. The maximum Gasteiger partial charge on any atom is 0.235 e. The van der Waals surface area contributed by atoms with E-state index in [1.807, 2.05) is 37.3 Å². The molecule has 2 atom stereocenters. The smallest absolute Gasteiger partial charge is 0.235 e. The van der Waals surface area contributed by atoms with Gasteiger partial charge in [-0.1, -0.05) is 36.3 Å². The van der Waals surface area contributed by atoms with Gasteiger partial charge in [0.15, 0.2) is 0 Å². The highest BCUT2D eigenvalue weighted by Gasteiger charge is 2.17. The monoisotopic (exact) mass is 237 g/mol. The molecule has 16 heavy (non-hydrogen) atoms. The highest BCUT2D eigenvalue weighted by Crippen LogP contribution is 2.09. The fraction of sp³-hybridized carbons (Fsp3) is 0.333. The third-order valence-corrected chi connectivity index (χ3v) is 3.20. The predicted octanol–water partition coefficient (Wildman–Crippen LogP) is 1.69. The van der Waals surface area contributed by atoms with Crippen molar-refractivity contribution >= 4 is 11.3 Å². The van der Waals surface area contributed by atoms with Gasteiger partial charge in [-0.3, -0.25) is 4.55 Å². The topological polar surface area (TPSA) is 40.5 Å². The van der Waals surface area contributed by atoms with Gasteiger partial charge in [0.2, 0.25) is 11.3 Å². The van der Waals surface area contributed by atoms with Gasteiger partial charge in [-0.2, -0.15) is 4.31 Å². The van der Waals surface area contributed by atoms with Crippen LogP contribution in [0.5, 0.6) is 0 Å². The summed E-state index contributed by atoms with van der Waals surface area (Å²) in [6.45, 7) is 2.07. The van der Waals surface area contributed by atoms with Crippen LogP contribution in [0.1, 0.15) is 12.5 Å². The molecule has 0 aromatic heterocycles. The van der Waals surface area contributed by atoms with E-state index in [-0.39, 0.29) is 12.6 Å². The average molecular weight is 237 g/mol. The molecule has 1 N–H and O–H groups in total. The number of hydrogen-bond donors (Lipinski definition) is 1. The van der Waals surface area contributed by atoms with Crippen LogP contribution in [0.3, 0.4) is 0 Å². The molecule has 0 fully saturated rings. The fourth-order valence-corrected chi connectivity index (χ4v) is 2.08. The van der Waals surface area contributed by atoms with Gasteiger partial charge in [-0.15, -0.1) is 6.42 Å². The van der Waals surface area contributed by atoms with Crippen LogP contribution in [0.2, 0.25) is 0 Å². The summed E-state index contributed by atoms with van der Waals surface area (Å²) in [5, 5.41) is 0. The number of hydrogen-bond acceptors (Lipinski definition) is 1. The van der Waals surface area contributed by atoms with E-state index in [9.17, 15) is 4.21 Å². The molecular formula is C12H15NO2S. The van der Waals surface area contributed by atoms with Gasteiger partial charge < -0.3 is 0 Å². The van der Waals surface area contributed by atoms with Crippen LogP contribution in [0.25, 0.3) is 0 Å². The maximum atomic E-state index is 11.1. The zero-order valence-corrected chi connectivity index (χ0v) is 9.98. The van der Waals surface area contributed by atoms with Gasteiger partial charge in [-0.25, -0.2) is 4.21 Å². The second-order valence-corrected chi connectivity index (χ2v) is 4.48. The lowest BCUT2D eigenvalue weighted by Gasteiger charge is -2.22. The fourth-order valence-electron chi connectivity index (χ4n) is 1.51. The largest absolute Gasteiger partial charge is 0.294 e. The average Bonchev–Trinajstić information content (AvgIpc) is 2.26. The van der Waals surface area contributed by atoms with E-state index in [1.165, 1.54) is 4.31 Å². The molecule has 0 bridgehead atoms. The molecule has 0 aliphatic rings. The van der Waals surface area contributed by atoms with E-state index >= 15 is 0 Å². The van der Waals surface area contributed by atoms with E-state index in [0.29, 0.717) is 6.42 Å². The van der Waals surface area contributed by atoms with Gasteiger partial charge in [0, 0.05) is 6.04 Å². The first-order valence-electron chi connectivity index (χ1n) is 5.00. The molecule has 0 saturated carbocycles. The van der Waals surface area contributed by atoms with Crippen molar-refractivity contribution in [3.8, 4) is 12.3 Å². The summed E-state index contributed by atoms with van der Waals surface area (Å²) in [5.74, 6) is 2.39. The van der Waals surface area contributed by atoms with Crippen molar-refractivity contribution in [2.24, 2.45) is 0 Å². The Balaban J connectivity index is 2.66. The second-order valence-electron chi connectivity index (χ2n) is 3.55. The van der Waals surface area contributed by atoms with E-state index < -0.39 is 11.3 Å². The summed E-state index contributed by atoms with van der Waals surface area (Å²) < 4.78 is 21.5. The third-order valence-electron chi connectivity index (χ3n) is 2.31. The molecule has 1 aromatic carbocycles. The van der Waals surface area contributed by atoms with Crippen molar-refractivity contribution in [1.29, 1.82) is 0 Å². The van der Waals surface area contributed by atoms with Crippen LogP contribution in [0.4, 0.5) is 0 Å². The predicted molar refractivity (Wildman–Crippen MR) is 65.9 cm³/mol. The number of benzene rings is 1. The third kappa shape index (κ3) is 3.78.